The number of anilines is 1. The molecule has 1 aromatic heterocycles. The number of ketones is 1. The van der Waals surface area contributed by atoms with Gasteiger partial charge in [0.2, 0.25) is 0 Å². The van der Waals surface area contributed by atoms with Gasteiger partial charge in [-0.2, -0.15) is 5.10 Å². The Morgan fingerprint density at radius 1 is 1.22 bits per heavy atom. The molecule has 0 atom stereocenters. The molecule has 0 radical (unpaired) electrons. The number of fused-ring (bicyclic) bond motifs is 1. The number of aromatic nitrogens is 3. The average Bonchev–Trinajstić information content (AvgIpc) is 2.88. The quantitative estimate of drug-likeness (QED) is 0.721. The van der Waals surface area contributed by atoms with Gasteiger partial charge < -0.3 is 0 Å². The number of rotatable bonds is 2. The molecule has 18 heavy (non-hydrogen) atoms. The molecule has 0 saturated carbocycles. The lowest BCUT2D eigenvalue weighted by Crippen LogP contribution is -2.30. The van der Waals surface area contributed by atoms with Crippen molar-refractivity contribution in [3.8, 4) is 0 Å². The van der Waals surface area contributed by atoms with Crippen LogP contribution in [-0.4, -0.2) is 26.5 Å². The van der Waals surface area contributed by atoms with Crippen molar-refractivity contribution in [2.45, 2.75) is 6.54 Å². The molecule has 2 aromatic rings. The fraction of sp³-hybridized carbons (Fsp3) is 0.167. The highest BCUT2D eigenvalue weighted by atomic mass is 16.2. The van der Waals surface area contributed by atoms with Gasteiger partial charge >= 0.3 is 0 Å². The van der Waals surface area contributed by atoms with Crippen molar-refractivity contribution in [2.24, 2.45) is 7.05 Å². The first-order chi connectivity index (χ1) is 8.68. The highest BCUT2D eigenvalue weighted by molar-refractivity contribution is 6.52. The first kappa shape index (κ1) is 10.6. The summed E-state index contributed by atoms with van der Waals surface area (Å²) in [6.45, 7) is 0.248. The van der Waals surface area contributed by atoms with E-state index in [4.69, 9.17) is 0 Å². The van der Waals surface area contributed by atoms with E-state index in [0.717, 1.165) is 0 Å². The van der Waals surface area contributed by atoms with E-state index < -0.39 is 11.7 Å². The first-order valence-electron chi connectivity index (χ1n) is 5.46. The number of hydrogen-bond acceptors (Lipinski definition) is 4. The fourth-order valence-corrected chi connectivity index (χ4v) is 2.01. The van der Waals surface area contributed by atoms with Crippen molar-refractivity contribution < 1.29 is 9.59 Å². The molecule has 0 fully saturated rings. The van der Waals surface area contributed by atoms with Gasteiger partial charge in [0.05, 0.1) is 17.8 Å². The second-order valence-corrected chi connectivity index (χ2v) is 4.04. The van der Waals surface area contributed by atoms with Crippen LogP contribution in [0.5, 0.6) is 0 Å². The third-order valence-corrected chi connectivity index (χ3v) is 2.98. The standard InChI is InChI=1S/C12H10N4O2/c1-15-10(13-7-14-15)6-16-9-5-3-2-4-8(9)11(17)12(16)18/h2-5,7H,6H2,1H3. The van der Waals surface area contributed by atoms with Crippen LogP contribution in [0.15, 0.2) is 30.6 Å². The maximum absolute atomic E-state index is 11.9. The lowest BCUT2D eigenvalue weighted by atomic mass is 10.1. The second-order valence-electron chi connectivity index (χ2n) is 4.04. The minimum Gasteiger partial charge on any atom is -0.297 e. The molecule has 1 amide bonds. The Labute approximate surface area is 103 Å². The smallest absolute Gasteiger partial charge is 0.297 e. The molecule has 0 aliphatic carbocycles. The van der Waals surface area contributed by atoms with Gasteiger partial charge in [-0.1, -0.05) is 12.1 Å². The first-order valence-corrected chi connectivity index (χ1v) is 5.46. The Morgan fingerprint density at radius 2 is 2.00 bits per heavy atom. The molecule has 6 nitrogen and oxygen atoms in total. The summed E-state index contributed by atoms with van der Waals surface area (Å²) in [5.41, 5.74) is 1.08. The molecule has 0 unspecified atom stereocenters. The number of hydrogen-bond donors (Lipinski definition) is 0. The Kier molecular flexibility index (Phi) is 2.22. The van der Waals surface area contributed by atoms with Crippen LogP contribution in [0.25, 0.3) is 0 Å². The van der Waals surface area contributed by atoms with Crippen molar-refractivity contribution in [2.75, 3.05) is 4.90 Å². The van der Waals surface area contributed by atoms with E-state index in [1.807, 2.05) is 0 Å². The zero-order valence-electron chi connectivity index (χ0n) is 9.70. The molecule has 0 spiro atoms. The number of Topliss-reactive ketones (excluding diaryl/α,β-unsaturated/α-hetero) is 1. The lowest BCUT2D eigenvalue weighted by molar-refractivity contribution is -0.114. The normalized spacial score (nSPS) is 14.2. The minimum atomic E-state index is -0.515. The van der Waals surface area contributed by atoms with Gasteiger partial charge in [-0.15, -0.1) is 0 Å². The number of para-hydroxylation sites is 1. The Morgan fingerprint density at radius 3 is 2.72 bits per heavy atom. The third kappa shape index (κ3) is 1.42. The Balaban J connectivity index is 2.01. The fourth-order valence-electron chi connectivity index (χ4n) is 2.01. The second kappa shape index (κ2) is 3.76. The summed E-state index contributed by atoms with van der Waals surface area (Å²) < 4.78 is 1.58. The predicted octanol–water partition coefficient (Wildman–Crippen LogP) is 0.545. The number of carbonyl (C=O) groups excluding carboxylic acids is 2. The van der Waals surface area contributed by atoms with Gasteiger partial charge in [0.1, 0.15) is 12.2 Å². The average molecular weight is 242 g/mol. The minimum absolute atomic E-state index is 0.248. The number of nitrogens with zero attached hydrogens (tertiary/aromatic N) is 4. The number of aryl methyl sites for hydroxylation is 1. The highest BCUT2D eigenvalue weighted by Gasteiger charge is 2.35. The summed E-state index contributed by atoms with van der Waals surface area (Å²) >= 11 is 0. The van der Waals surface area contributed by atoms with E-state index in [2.05, 4.69) is 10.1 Å². The highest BCUT2D eigenvalue weighted by Crippen LogP contribution is 2.29. The van der Waals surface area contributed by atoms with Gasteiger partial charge in [-0.05, 0) is 12.1 Å². The SMILES string of the molecule is Cn1ncnc1CN1C(=O)C(=O)c2ccccc21. The molecule has 6 heteroatoms. The topological polar surface area (TPSA) is 68.1 Å². The van der Waals surface area contributed by atoms with E-state index in [-0.39, 0.29) is 6.54 Å². The van der Waals surface area contributed by atoms with Gasteiger partial charge in [0.15, 0.2) is 0 Å². The predicted molar refractivity (Wildman–Crippen MR) is 63.0 cm³/mol. The van der Waals surface area contributed by atoms with Crippen molar-refractivity contribution in [1.29, 1.82) is 0 Å². The maximum atomic E-state index is 11.9. The van der Waals surface area contributed by atoms with Crippen molar-refractivity contribution >= 4 is 17.4 Å². The van der Waals surface area contributed by atoms with Crippen LogP contribution in [0.1, 0.15) is 16.2 Å². The summed E-state index contributed by atoms with van der Waals surface area (Å²) in [4.78, 5) is 29.2. The molecular weight excluding hydrogens is 232 g/mol. The number of carbonyl (C=O) groups is 2. The van der Waals surface area contributed by atoms with Gasteiger partial charge in [-0.25, -0.2) is 4.98 Å². The molecule has 90 valence electrons. The van der Waals surface area contributed by atoms with E-state index >= 15 is 0 Å². The van der Waals surface area contributed by atoms with Gasteiger partial charge in [0.25, 0.3) is 11.7 Å². The van der Waals surface area contributed by atoms with Crippen molar-refractivity contribution in [1.82, 2.24) is 14.8 Å². The van der Waals surface area contributed by atoms with E-state index in [1.165, 1.54) is 11.2 Å². The van der Waals surface area contributed by atoms with Crippen molar-refractivity contribution in [3.05, 3.63) is 42.0 Å². The van der Waals surface area contributed by atoms with Crippen LogP contribution in [0.3, 0.4) is 0 Å². The van der Waals surface area contributed by atoms with Gasteiger partial charge in [-0.3, -0.25) is 19.2 Å². The summed E-state index contributed by atoms with van der Waals surface area (Å²) in [5.74, 6) is -0.347. The van der Waals surface area contributed by atoms with Gasteiger partial charge in [0, 0.05) is 7.05 Å². The summed E-state index contributed by atoms with van der Waals surface area (Å²) in [6.07, 6.45) is 1.42. The third-order valence-electron chi connectivity index (χ3n) is 2.98. The monoisotopic (exact) mass is 242 g/mol. The molecular formula is C12H10N4O2. The molecule has 1 aromatic carbocycles. The molecule has 0 N–H and O–H groups in total. The van der Waals surface area contributed by atoms with Crippen LogP contribution in [-0.2, 0) is 18.4 Å². The zero-order chi connectivity index (χ0) is 12.7. The van der Waals surface area contributed by atoms with Crippen LogP contribution in [0, 0.1) is 0 Å². The lowest BCUT2D eigenvalue weighted by Gasteiger charge is -2.15. The molecule has 3 rings (SSSR count). The molecule has 1 aliphatic rings. The molecule has 2 heterocycles. The molecule has 0 saturated heterocycles. The molecule has 0 bridgehead atoms. The maximum Gasteiger partial charge on any atom is 0.299 e. The van der Waals surface area contributed by atoms with Crippen LogP contribution in [0.4, 0.5) is 5.69 Å². The van der Waals surface area contributed by atoms with E-state index in [9.17, 15) is 9.59 Å². The summed E-state index contributed by atoms with van der Waals surface area (Å²) in [6, 6.07) is 6.96. The van der Waals surface area contributed by atoms with E-state index in [0.29, 0.717) is 17.1 Å². The zero-order valence-corrected chi connectivity index (χ0v) is 9.70. The van der Waals surface area contributed by atoms with Crippen LogP contribution in [0.2, 0.25) is 0 Å². The Hall–Kier alpha value is -2.50. The van der Waals surface area contributed by atoms with E-state index in [1.54, 1.807) is 36.0 Å². The summed E-state index contributed by atoms with van der Waals surface area (Å²) in [5, 5.41) is 3.94. The number of amides is 1. The Bertz CT molecular complexity index is 647. The number of benzene rings is 1. The van der Waals surface area contributed by atoms with Crippen LogP contribution >= 0.6 is 0 Å². The summed E-state index contributed by atoms with van der Waals surface area (Å²) in [7, 11) is 1.75. The molecule has 1 aliphatic heterocycles. The largest absolute Gasteiger partial charge is 0.299 e. The van der Waals surface area contributed by atoms with Crippen molar-refractivity contribution in [3.63, 3.8) is 0 Å². The van der Waals surface area contributed by atoms with Crippen LogP contribution < -0.4 is 4.90 Å².